The SMILES string of the molecule is CCc1ccc(C2OCCC(CC)O2)cc1. The van der Waals surface area contributed by atoms with Gasteiger partial charge in [0.25, 0.3) is 0 Å². The van der Waals surface area contributed by atoms with Crippen LogP contribution < -0.4 is 0 Å². The Morgan fingerprint density at radius 1 is 1.19 bits per heavy atom. The van der Waals surface area contributed by atoms with E-state index in [2.05, 4.69) is 38.1 Å². The Hall–Kier alpha value is -0.860. The van der Waals surface area contributed by atoms with E-state index in [1.807, 2.05) is 0 Å². The quantitative estimate of drug-likeness (QED) is 0.776. The highest BCUT2D eigenvalue weighted by Crippen LogP contribution is 2.27. The second kappa shape index (κ2) is 5.46. The lowest BCUT2D eigenvalue weighted by atomic mass is 10.1. The number of rotatable bonds is 3. The first-order chi connectivity index (χ1) is 7.83. The first kappa shape index (κ1) is 11.6. The second-order valence-electron chi connectivity index (χ2n) is 4.25. The van der Waals surface area contributed by atoms with Crippen molar-refractivity contribution in [3.8, 4) is 0 Å². The van der Waals surface area contributed by atoms with Gasteiger partial charge in [0, 0.05) is 5.56 Å². The van der Waals surface area contributed by atoms with Crippen molar-refractivity contribution < 1.29 is 9.47 Å². The van der Waals surface area contributed by atoms with E-state index in [0.29, 0.717) is 6.10 Å². The van der Waals surface area contributed by atoms with Gasteiger partial charge in [-0.2, -0.15) is 0 Å². The molecule has 1 saturated heterocycles. The summed E-state index contributed by atoms with van der Waals surface area (Å²) in [4.78, 5) is 0. The molecule has 0 bridgehead atoms. The van der Waals surface area contributed by atoms with Crippen LogP contribution in [0.4, 0.5) is 0 Å². The van der Waals surface area contributed by atoms with E-state index >= 15 is 0 Å². The summed E-state index contributed by atoms with van der Waals surface area (Å²) in [6.45, 7) is 5.13. The molecular formula is C14H20O2. The summed E-state index contributed by atoms with van der Waals surface area (Å²) in [5.74, 6) is 0. The van der Waals surface area contributed by atoms with Crippen molar-refractivity contribution in [2.45, 2.75) is 45.5 Å². The molecule has 2 nitrogen and oxygen atoms in total. The summed E-state index contributed by atoms with van der Waals surface area (Å²) in [6, 6.07) is 8.53. The number of aryl methyl sites for hydroxylation is 1. The molecule has 0 saturated carbocycles. The van der Waals surface area contributed by atoms with E-state index in [0.717, 1.165) is 31.4 Å². The molecule has 1 aromatic rings. The van der Waals surface area contributed by atoms with Gasteiger partial charge in [0.15, 0.2) is 6.29 Å². The molecule has 0 aliphatic carbocycles. The van der Waals surface area contributed by atoms with E-state index in [9.17, 15) is 0 Å². The maximum atomic E-state index is 5.87. The molecule has 1 aliphatic heterocycles. The molecule has 16 heavy (non-hydrogen) atoms. The molecule has 2 unspecified atom stereocenters. The van der Waals surface area contributed by atoms with Crippen LogP contribution in [0.2, 0.25) is 0 Å². The Labute approximate surface area is 97.6 Å². The standard InChI is InChI=1S/C14H20O2/c1-3-11-5-7-12(8-6-11)14-15-10-9-13(4-2)16-14/h5-8,13-14H,3-4,9-10H2,1-2H3. The van der Waals surface area contributed by atoms with Crippen molar-refractivity contribution >= 4 is 0 Å². The van der Waals surface area contributed by atoms with Gasteiger partial charge in [-0.15, -0.1) is 0 Å². The predicted molar refractivity (Wildman–Crippen MR) is 64.3 cm³/mol. The van der Waals surface area contributed by atoms with Crippen molar-refractivity contribution in [2.24, 2.45) is 0 Å². The number of ether oxygens (including phenoxy) is 2. The number of hydrogen-bond acceptors (Lipinski definition) is 2. The normalized spacial score (nSPS) is 25.6. The highest BCUT2D eigenvalue weighted by atomic mass is 16.7. The Kier molecular flexibility index (Phi) is 3.97. The minimum absolute atomic E-state index is 0.162. The molecule has 2 rings (SSSR count). The summed E-state index contributed by atoms with van der Waals surface area (Å²) in [5, 5.41) is 0. The van der Waals surface area contributed by atoms with Crippen LogP contribution in [0.25, 0.3) is 0 Å². The molecule has 0 aromatic heterocycles. The Balaban J connectivity index is 2.05. The van der Waals surface area contributed by atoms with E-state index in [1.54, 1.807) is 0 Å². The van der Waals surface area contributed by atoms with Gasteiger partial charge in [0.2, 0.25) is 0 Å². The van der Waals surface area contributed by atoms with Crippen LogP contribution in [-0.2, 0) is 15.9 Å². The third-order valence-electron chi connectivity index (χ3n) is 3.14. The summed E-state index contributed by atoms with van der Waals surface area (Å²) in [6.07, 6.45) is 3.34. The maximum Gasteiger partial charge on any atom is 0.184 e. The van der Waals surface area contributed by atoms with Gasteiger partial charge in [-0.1, -0.05) is 38.1 Å². The Morgan fingerprint density at radius 3 is 2.56 bits per heavy atom. The summed E-state index contributed by atoms with van der Waals surface area (Å²) in [5.41, 5.74) is 2.49. The molecule has 1 fully saturated rings. The van der Waals surface area contributed by atoms with Crippen LogP contribution in [0.5, 0.6) is 0 Å². The molecule has 88 valence electrons. The highest BCUT2D eigenvalue weighted by Gasteiger charge is 2.22. The van der Waals surface area contributed by atoms with Crippen LogP contribution in [0.1, 0.15) is 44.1 Å². The molecule has 2 heteroatoms. The van der Waals surface area contributed by atoms with Gasteiger partial charge in [-0.25, -0.2) is 0 Å². The zero-order valence-corrected chi connectivity index (χ0v) is 10.1. The third kappa shape index (κ3) is 2.63. The lowest BCUT2D eigenvalue weighted by Crippen LogP contribution is -2.26. The molecule has 1 aromatic carbocycles. The summed E-state index contributed by atoms with van der Waals surface area (Å²) >= 11 is 0. The fourth-order valence-corrected chi connectivity index (χ4v) is 1.97. The molecule has 1 aliphatic rings. The van der Waals surface area contributed by atoms with Crippen LogP contribution in [0.3, 0.4) is 0 Å². The smallest absolute Gasteiger partial charge is 0.184 e. The van der Waals surface area contributed by atoms with Crippen LogP contribution in [-0.4, -0.2) is 12.7 Å². The largest absolute Gasteiger partial charge is 0.348 e. The van der Waals surface area contributed by atoms with E-state index in [-0.39, 0.29) is 6.29 Å². The van der Waals surface area contributed by atoms with E-state index in [4.69, 9.17) is 9.47 Å². The van der Waals surface area contributed by atoms with Gasteiger partial charge in [0.05, 0.1) is 12.7 Å². The van der Waals surface area contributed by atoms with E-state index in [1.165, 1.54) is 5.56 Å². The average molecular weight is 220 g/mol. The molecule has 0 spiro atoms. The zero-order chi connectivity index (χ0) is 11.4. The van der Waals surface area contributed by atoms with Crippen LogP contribution in [0, 0.1) is 0 Å². The number of hydrogen-bond donors (Lipinski definition) is 0. The topological polar surface area (TPSA) is 18.5 Å². The zero-order valence-electron chi connectivity index (χ0n) is 10.1. The Bertz CT molecular complexity index is 318. The van der Waals surface area contributed by atoms with Gasteiger partial charge in [-0.3, -0.25) is 0 Å². The lowest BCUT2D eigenvalue weighted by molar-refractivity contribution is -0.217. The molecule has 0 radical (unpaired) electrons. The predicted octanol–water partition coefficient (Wildman–Crippen LogP) is 3.46. The molecule has 0 N–H and O–H groups in total. The van der Waals surface area contributed by atoms with Crippen molar-refractivity contribution in [3.63, 3.8) is 0 Å². The molecule has 0 amide bonds. The minimum atomic E-state index is -0.162. The molecular weight excluding hydrogens is 200 g/mol. The lowest BCUT2D eigenvalue weighted by Gasteiger charge is -2.30. The van der Waals surface area contributed by atoms with E-state index < -0.39 is 0 Å². The van der Waals surface area contributed by atoms with Gasteiger partial charge in [-0.05, 0) is 24.8 Å². The first-order valence-corrected chi connectivity index (χ1v) is 6.19. The minimum Gasteiger partial charge on any atom is -0.348 e. The molecule has 2 atom stereocenters. The molecule has 1 heterocycles. The number of benzene rings is 1. The summed E-state index contributed by atoms with van der Waals surface area (Å²) < 4.78 is 11.5. The van der Waals surface area contributed by atoms with Gasteiger partial charge in [0.1, 0.15) is 0 Å². The average Bonchev–Trinajstić information content (AvgIpc) is 2.39. The van der Waals surface area contributed by atoms with Crippen molar-refractivity contribution in [3.05, 3.63) is 35.4 Å². The van der Waals surface area contributed by atoms with Crippen molar-refractivity contribution in [2.75, 3.05) is 6.61 Å². The fraction of sp³-hybridized carbons (Fsp3) is 0.571. The third-order valence-corrected chi connectivity index (χ3v) is 3.14. The van der Waals surface area contributed by atoms with Crippen LogP contribution in [0.15, 0.2) is 24.3 Å². The Morgan fingerprint density at radius 2 is 1.94 bits per heavy atom. The van der Waals surface area contributed by atoms with Crippen molar-refractivity contribution in [1.82, 2.24) is 0 Å². The monoisotopic (exact) mass is 220 g/mol. The van der Waals surface area contributed by atoms with Crippen molar-refractivity contribution in [1.29, 1.82) is 0 Å². The summed E-state index contributed by atoms with van der Waals surface area (Å²) in [7, 11) is 0. The van der Waals surface area contributed by atoms with Gasteiger partial charge < -0.3 is 9.47 Å². The highest BCUT2D eigenvalue weighted by molar-refractivity contribution is 5.23. The second-order valence-corrected chi connectivity index (χ2v) is 4.25. The maximum absolute atomic E-state index is 5.87. The first-order valence-electron chi connectivity index (χ1n) is 6.19. The van der Waals surface area contributed by atoms with Gasteiger partial charge >= 0.3 is 0 Å². The van der Waals surface area contributed by atoms with Crippen LogP contribution >= 0.6 is 0 Å². The fourth-order valence-electron chi connectivity index (χ4n) is 1.97.